The second-order valence-electron chi connectivity index (χ2n) is 4.65. The molecule has 0 fully saturated rings. The molecule has 0 atom stereocenters. The molecule has 0 radical (unpaired) electrons. The molecular weight excluding hydrogens is 236 g/mol. The Morgan fingerprint density at radius 3 is 2.74 bits per heavy atom. The lowest BCUT2D eigenvalue weighted by atomic mass is 10.1. The highest BCUT2D eigenvalue weighted by atomic mass is 16.5. The van der Waals surface area contributed by atoms with Gasteiger partial charge in [-0.3, -0.25) is 9.97 Å². The van der Waals surface area contributed by atoms with Crippen molar-refractivity contribution >= 4 is 21.8 Å². The van der Waals surface area contributed by atoms with Gasteiger partial charge in [0.1, 0.15) is 0 Å². The van der Waals surface area contributed by atoms with E-state index in [0.717, 1.165) is 30.5 Å². The molecule has 0 bridgehead atoms. The molecule has 1 aromatic carbocycles. The Kier molecular flexibility index (Phi) is 3.38. The zero-order valence-electron chi connectivity index (χ0n) is 11.0. The molecule has 0 saturated carbocycles. The highest BCUT2D eigenvalue weighted by Gasteiger charge is 2.03. The zero-order valence-corrected chi connectivity index (χ0v) is 11.0. The van der Waals surface area contributed by atoms with Crippen molar-refractivity contribution in [3.05, 3.63) is 48.3 Å². The van der Waals surface area contributed by atoms with Gasteiger partial charge in [0.25, 0.3) is 0 Å². The van der Waals surface area contributed by atoms with Gasteiger partial charge >= 0.3 is 0 Å². The summed E-state index contributed by atoms with van der Waals surface area (Å²) in [4.78, 5) is 8.94. The van der Waals surface area contributed by atoms with Crippen LogP contribution >= 0.6 is 0 Å². The van der Waals surface area contributed by atoms with E-state index in [1.54, 1.807) is 7.11 Å². The summed E-state index contributed by atoms with van der Waals surface area (Å²) >= 11 is 0. The number of para-hydroxylation sites is 1. The number of aromatic nitrogens is 2. The van der Waals surface area contributed by atoms with E-state index in [1.165, 1.54) is 16.3 Å². The molecule has 0 spiro atoms. The minimum Gasteiger partial charge on any atom is -0.385 e. The number of aryl methyl sites for hydroxylation is 1. The number of nitrogens with zero attached hydrogens (tertiary/aromatic N) is 2. The van der Waals surface area contributed by atoms with Gasteiger partial charge in [-0.1, -0.05) is 18.2 Å². The van der Waals surface area contributed by atoms with Gasteiger partial charge in [0.2, 0.25) is 0 Å². The van der Waals surface area contributed by atoms with Crippen LogP contribution in [-0.4, -0.2) is 23.7 Å². The number of methoxy groups -OCH3 is 1. The Morgan fingerprint density at radius 1 is 1.00 bits per heavy atom. The fourth-order valence-electron chi connectivity index (χ4n) is 2.34. The summed E-state index contributed by atoms with van der Waals surface area (Å²) in [5.74, 6) is 0. The molecule has 3 heteroatoms. The van der Waals surface area contributed by atoms with Gasteiger partial charge in [-0.25, -0.2) is 0 Å². The van der Waals surface area contributed by atoms with Crippen molar-refractivity contribution in [2.75, 3.05) is 13.7 Å². The Bertz CT molecular complexity index is 709. The van der Waals surface area contributed by atoms with Gasteiger partial charge < -0.3 is 4.74 Å². The maximum Gasteiger partial charge on any atom is 0.0891 e. The molecule has 3 nitrogen and oxygen atoms in total. The van der Waals surface area contributed by atoms with Gasteiger partial charge in [0.05, 0.1) is 17.2 Å². The quantitative estimate of drug-likeness (QED) is 0.527. The van der Waals surface area contributed by atoms with Crippen molar-refractivity contribution < 1.29 is 4.74 Å². The highest BCUT2D eigenvalue weighted by Crippen LogP contribution is 2.23. The first kappa shape index (κ1) is 12.1. The molecule has 0 saturated heterocycles. The first-order chi connectivity index (χ1) is 9.38. The lowest BCUT2D eigenvalue weighted by Crippen LogP contribution is -1.94. The Labute approximate surface area is 112 Å². The van der Waals surface area contributed by atoms with Crippen molar-refractivity contribution in [3.8, 4) is 0 Å². The third kappa shape index (κ3) is 2.42. The van der Waals surface area contributed by atoms with Gasteiger partial charge in [-0.05, 0) is 30.5 Å². The molecular formula is C16H16N2O. The molecule has 2 heterocycles. The summed E-state index contributed by atoms with van der Waals surface area (Å²) < 4.78 is 5.09. The minimum absolute atomic E-state index is 0.787. The van der Waals surface area contributed by atoms with Crippen molar-refractivity contribution in [1.29, 1.82) is 0 Å². The fourth-order valence-corrected chi connectivity index (χ4v) is 2.34. The predicted molar refractivity (Wildman–Crippen MR) is 77.2 cm³/mol. The van der Waals surface area contributed by atoms with Crippen LogP contribution in [0.15, 0.2) is 42.7 Å². The summed E-state index contributed by atoms with van der Waals surface area (Å²) in [6.45, 7) is 0.787. The monoisotopic (exact) mass is 252 g/mol. The maximum absolute atomic E-state index is 5.09. The van der Waals surface area contributed by atoms with E-state index in [2.05, 4.69) is 22.1 Å². The van der Waals surface area contributed by atoms with Crippen LogP contribution in [0.25, 0.3) is 21.8 Å². The molecule has 0 N–H and O–H groups in total. The van der Waals surface area contributed by atoms with Crippen LogP contribution in [0, 0.1) is 0 Å². The number of ether oxygens (including phenoxy) is 1. The SMILES string of the molecule is COCCCc1cnc2cnc3ccccc3c2c1. The van der Waals surface area contributed by atoms with Crippen molar-refractivity contribution in [3.63, 3.8) is 0 Å². The van der Waals surface area contributed by atoms with E-state index in [-0.39, 0.29) is 0 Å². The number of pyridine rings is 2. The standard InChI is InChI=1S/C16H16N2O/c1-19-8-4-5-12-9-14-13-6-2-3-7-15(13)18-11-16(14)17-10-12/h2-3,6-7,9-11H,4-5,8H2,1H3. The molecule has 96 valence electrons. The van der Waals surface area contributed by atoms with Crippen LogP contribution < -0.4 is 0 Å². The molecule has 3 aromatic rings. The van der Waals surface area contributed by atoms with Crippen LogP contribution in [-0.2, 0) is 11.2 Å². The van der Waals surface area contributed by atoms with Crippen LogP contribution in [0.4, 0.5) is 0 Å². The fraction of sp³-hybridized carbons (Fsp3) is 0.250. The van der Waals surface area contributed by atoms with E-state index in [0.29, 0.717) is 0 Å². The smallest absolute Gasteiger partial charge is 0.0891 e. The van der Waals surface area contributed by atoms with E-state index in [4.69, 9.17) is 4.74 Å². The first-order valence-electron chi connectivity index (χ1n) is 6.50. The second-order valence-corrected chi connectivity index (χ2v) is 4.65. The molecule has 0 unspecified atom stereocenters. The van der Waals surface area contributed by atoms with Gasteiger partial charge in [0, 0.05) is 30.7 Å². The van der Waals surface area contributed by atoms with Crippen LogP contribution in [0.2, 0.25) is 0 Å². The molecule has 3 rings (SSSR count). The van der Waals surface area contributed by atoms with Crippen LogP contribution in [0.5, 0.6) is 0 Å². The maximum atomic E-state index is 5.09. The van der Waals surface area contributed by atoms with E-state index in [9.17, 15) is 0 Å². The molecule has 19 heavy (non-hydrogen) atoms. The largest absolute Gasteiger partial charge is 0.385 e. The van der Waals surface area contributed by atoms with Crippen molar-refractivity contribution in [2.24, 2.45) is 0 Å². The predicted octanol–water partition coefficient (Wildman–Crippen LogP) is 3.36. The summed E-state index contributed by atoms with van der Waals surface area (Å²) in [6, 6.07) is 10.4. The normalized spacial score (nSPS) is 11.2. The molecule has 2 aromatic heterocycles. The van der Waals surface area contributed by atoms with Gasteiger partial charge in [0.15, 0.2) is 0 Å². The third-order valence-electron chi connectivity index (χ3n) is 3.31. The third-order valence-corrected chi connectivity index (χ3v) is 3.31. The second kappa shape index (κ2) is 5.33. The molecule has 0 aliphatic rings. The summed E-state index contributed by atoms with van der Waals surface area (Å²) in [5.41, 5.74) is 3.22. The molecule has 0 aliphatic carbocycles. The van der Waals surface area contributed by atoms with E-state index >= 15 is 0 Å². The van der Waals surface area contributed by atoms with Crippen molar-refractivity contribution in [1.82, 2.24) is 9.97 Å². The Hall–Kier alpha value is -2.00. The summed E-state index contributed by atoms with van der Waals surface area (Å²) in [5, 5.41) is 2.35. The number of hydrogen-bond acceptors (Lipinski definition) is 3. The van der Waals surface area contributed by atoms with Crippen LogP contribution in [0.3, 0.4) is 0 Å². The first-order valence-corrected chi connectivity index (χ1v) is 6.50. The lowest BCUT2D eigenvalue weighted by molar-refractivity contribution is 0.195. The number of hydrogen-bond donors (Lipinski definition) is 0. The number of benzene rings is 1. The van der Waals surface area contributed by atoms with E-state index in [1.807, 2.05) is 30.6 Å². The number of fused-ring (bicyclic) bond motifs is 3. The highest BCUT2D eigenvalue weighted by molar-refractivity contribution is 6.03. The number of rotatable bonds is 4. The summed E-state index contributed by atoms with van der Waals surface area (Å²) in [6.07, 6.45) is 5.80. The van der Waals surface area contributed by atoms with Gasteiger partial charge in [-0.2, -0.15) is 0 Å². The topological polar surface area (TPSA) is 35.0 Å². The molecule has 0 aliphatic heterocycles. The average Bonchev–Trinajstić information content (AvgIpc) is 2.47. The zero-order chi connectivity index (χ0) is 13.1. The Balaban J connectivity index is 2.07. The van der Waals surface area contributed by atoms with Crippen molar-refractivity contribution in [2.45, 2.75) is 12.8 Å². The minimum atomic E-state index is 0.787. The lowest BCUT2D eigenvalue weighted by Gasteiger charge is -2.05. The van der Waals surface area contributed by atoms with Gasteiger partial charge in [-0.15, -0.1) is 0 Å². The average molecular weight is 252 g/mol. The van der Waals surface area contributed by atoms with E-state index < -0.39 is 0 Å². The Morgan fingerprint density at radius 2 is 1.84 bits per heavy atom. The summed E-state index contributed by atoms with van der Waals surface area (Å²) in [7, 11) is 1.73. The molecule has 0 amide bonds. The van der Waals surface area contributed by atoms with Crippen LogP contribution in [0.1, 0.15) is 12.0 Å².